The van der Waals surface area contributed by atoms with E-state index in [1.807, 2.05) is 6.07 Å². The van der Waals surface area contributed by atoms with Crippen LogP contribution >= 0.6 is 11.8 Å². The summed E-state index contributed by atoms with van der Waals surface area (Å²) in [6, 6.07) is 13.5. The van der Waals surface area contributed by atoms with Gasteiger partial charge < -0.3 is 0 Å². The molecular formula is C15H11FN2OS. The number of aromatic nitrogens is 2. The summed E-state index contributed by atoms with van der Waals surface area (Å²) in [7, 11) is 0. The molecule has 100 valence electrons. The second-order valence-corrected chi connectivity index (χ2v) is 5.25. The first-order valence-corrected chi connectivity index (χ1v) is 7.07. The normalized spacial score (nSPS) is 10.8. The molecular weight excluding hydrogens is 275 g/mol. The number of hydrogen-bond acceptors (Lipinski definition) is 3. The van der Waals surface area contributed by atoms with Crippen molar-refractivity contribution in [3.8, 4) is 0 Å². The number of rotatable bonds is 3. The lowest BCUT2D eigenvalue weighted by Crippen LogP contribution is -2.14. The van der Waals surface area contributed by atoms with Crippen LogP contribution in [-0.4, -0.2) is 9.38 Å². The number of fused-ring (bicyclic) bond motifs is 1. The van der Waals surface area contributed by atoms with Crippen molar-refractivity contribution in [3.63, 3.8) is 0 Å². The molecule has 5 heteroatoms. The van der Waals surface area contributed by atoms with Gasteiger partial charge in [-0.1, -0.05) is 18.2 Å². The van der Waals surface area contributed by atoms with Crippen LogP contribution in [0, 0.1) is 5.82 Å². The maximum absolute atomic E-state index is 13.5. The predicted molar refractivity (Wildman–Crippen MR) is 77.4 cm³/mol. The highest BCUT2D eigenvalue weighted by Gasteiger charge is 2.05. The minimum absolute atomic E-state index is 0.125. The van der Waals surface area contributed by atoms with E-state index in [0.29, 0.717) is 22.0 Å². The summed E-state index contributed by atoms with van der Waals surface area (Å²) >= 11 is 1.33. The average molecular weight is 286 g/mol. The Kier molecular flexibility index (Phi) is 3.52. The van der Waals surface area contributed by atoms with E-state index < -0.39 is 0 Å². The third kappa shape index (κ3) is 2.58. The van der Waals surface area contributed by atoms with Crippen molar-refractivity contribution in [1.29, 1.82) is 0 Å². The molecule has 0 aliphatic carbocycles. The molecule has 0 unspecified atom stereocenters. The van der Waals surface area contributed by atoms with Crippen LogP contribution in [-0.2, 0) is 5.75 Å². The minimum atomic E-state index is -0.255. The van der Waals surface area contributed by atoms with Crippen molar-refractivity contribution < 1.29 is 4.39 Å². The van der Waals surface area contributed by atoms with Gasteiger partial charge in [-0.15, -0.1) is 11.8 Å². The molecule has 1 aromatic carbocycles. The molecule has 0 amide bonds. The van der Waals surface area contributed by atoms with Crippen molar-refractivity contribution in [1.82, 2.24) is 9.38 Å². The van der Waals surface area contributed by atoms with Crippen LogP contribution in [0.2, 0.25) is 0 Å². The molecule has 0 aliphatic heterocycles. The molecule has 2 aromatic heterocycles. The largest absolute Gasteiger partial charge is 0.269 e. The Bertz CT molecular complexity index is 816. The topological polar surface area (TPSA) is 34.4 Å². The fourth-order valence-corrected chi connectivity index (χ4v) is 2.72. The lowest BCUT2D eigenvalue weighted by molar-refractivity contribution is 0.602. The van der Waals surface area contributed by atoms with Crippen LogP contribution in [0.3, 0.4) is 0 Å². The number of thioether (sulfide) groups is 1. The predicted octanol–water partition coefficient (Wildman–Crippen LogP) is 3.13. The van der Waals surface area contributed by atoms with Crippen LogP contribution in [0.5, 0.6) is 0 Å². The number of hydrogen-bond donors (Lipinski definition) is 0. The SMILES string of the molecule is O=c1cc(CSc2ccccc2F)nc2ccccn12. The molecule has 0 radical (unpaired) electrons. The standard InChI is InChI=1S/C15H11FN2OS/c16-12-5-1-2-6-13(12)20-10-11-9-15(19)18-8-4-3-7-14(18)17-11/h1-9H,10H2. The smallest absolute Gasteiger partial charge is 0.258 e. The summed E-state index contributed by atoms with van der Waals surface area (Å²) in [6.45, 7) is 0. The van der Waals surface area contributed by atoms with Crippen LogP contribution < -0.4 is 5.56 Å². The fourth-order valence-electron chi connectivity index (χ4n) is 1.89. The second kappa shape index (κ2) is 5.46. The molecule has 3 aromatic rings. The fraction of sp³-hybridized carbons (Fsp3) is 0.0667. The monoisotopic (exact) mass is 286 g/mol. The van der Waals surface area contributed by atoms with Gasteiger partial charge in [0.2, 0.25) is 0 Å². The van der Waals surface area contributed by atoms with E-state index in [9.17, 15) is 9.18 Å². The van der Waals surface area contributed by atoms with Crippen LogP contribution in [0.25, 0.3) is 5.65 Å². The van der Waals surface area contributed by atoms with E-state index in [-0.39, 0.29) is 11.4 Å². The van der Waals surface area contributed by atoms with E-state index in [0.717, 1.165) is 0 Å². The molecule has 3 rings (SSSR count). The molecule has 0 spiro atoms. The van der Waals surface area contributed by atoms with Gasteiger partial charge in [-0.25, -0.2) is 9.37 Å². The lowest BCUT2D eigenvalue weighted by atomic mass is 10.3. The van der Waals surface area contributed by atoms with Gasteiger partial charge in [0.05, 0.1) is 5.69 Å². The van der Waals surface area contributed by atoms with Crippen LogP contribution in [0.4, 0.5) is 4.39 Å². The van der Waals surface area contributed by atoms with Crippen molar-refractivity contribution in [3.05, 3.63) is 76.6 Å². The minimum Gasteiger partial charge on any atom is -0.269 e. The Morgan fingerprint density at radius 1 is 1.15 bits per heavy atom. The van der Waals surface area contributed by atoms with Gasteiger partial charge in [0.15, 0.2) is 0 Å². The number of halogens is 1. The first-order valence-electron chi connectivity index (χ1n) is 6.09. The Morgan fingerprint density at radius 2 is 1.95 bits per heavy atom. The van der Waals surface area contributed by atoms with Crippen molar-refractivity contribution in [2.45, 2.75) is 10.6 Å². The Hall–Kier alpha value is -2.14. The van der Waals surface area contributed by atoms with Crippen LogP contribution in [0.15, 0.2) is 64.4 Å². The zero-order valence-electron chi connectivity index (χ0n) is 10.5. The summed E-state index contributed by atoms with van der Waals surface area (Å²) in [5, 5.41) is 0. The summed E-state index contributed by atoms with van der Waals surface area (Å²) in [5.41, 5.74) is 1.12. The maximum Gasteiger partial charge on any atom is 0.258 e. The summed E-state index contributed by atoms with van der Waals surface area (Å²) in [5.74, 6) is 0.205. The van der Waals surface area contributed by atoms with Crippen molar-refractivity contribution in [2.24, 2.45) is 0 Å². The third-order valence-corrected chi connectivity index (χ3v) is 3.92. The molecule has 0 fully saturated rings. The van der Waals surface area contributed by atoms with Crippen LogP contribution in [0.1, 0.15) is 5.69 Å². The molecule has 0 saturated carbocycles. The van der Waals surface area contributed by atoms with Gasteiger partial charge in [0, 0.05) is 22.9 Å². The molecule has 0 N–H and O–H groups in total. The van der Waals surface area contributed by atoms with E-state index in [2.05, 4.69) is 4.98 Å². The van der Waals surface area contributed by atoms with E-state index in [1.165, 1.54) is 28.3 Å². The van der Waals surface area contributed by atoms with Gasteiger partial charge in [0.25, 0.3) is 5.56 Å². The number of pyridine rings is 1. The zero-order valence-corrected chi connectivity index (χ0v) is 11.3. The zero-order chi connectivity index (χ0) is 13.9. The van der Waals surface area contributed by atoms with Crippen molar-refractivity contribution in [2.75, 3.05) is 0 Å². The quantitative estimate of drug-likeness (QED) is 0.694. The third-order valence-electron chi connectivity index (χ3n) is 2.84. The average Bonchev–Trinajstić information content (AvgIpc) is 2.46. The molecule has 0 aliphatic rings. The first-order chi connectivity index (χ1) is 9.74. The summed E-state index contributed by atoms with van der Waals surface area (Å²) < 4.78 is 15.0. The Morgan fingerprint density at radius 3 is 2.80 bits per heavy atom. The molecule has 20 heavy (non-hydrogen) atoms. The highest BCUT2D eigenvalue weighted by atomic mass is 32.2. The summed E-state index contributed by atoms with van der Waals surface area (Å²) in [4.78, 5) is 16.9. The summed E-state index contributed by atoms with van der Waals surface area (Å²) in [6.07, 6.45) is 1.68. The van der Waals surface area contributed by atoms with Crippen molar-refractivity contribution >= 4 is 17.4 Å². The highest BCUT2D eigenvalue weighted by molar-refractivity contribution is 7.98. The van der Waals surface area contributed by atoms with Gasteiger partial charge in [-0.2, -0.15) is 0 Å². The molecule has 2 heterocycles. The molecule has 0 bridgehead atoms. The Balaban J connectivity index is 1.88. The molecule has 0 atom stereocenters. The number of nitrogens with zero attached hydrogens (tertiary/aromatic N) is 2. The Labute approximate surface area is 119 Å². The van der Waals surface area contributed by atoms with Gasteiger partial charge in [0.1, 0.15) is 11.5 Å². The first kappa shape index (κ1) is 12.9. The van der Waals surface area contributed by atoms with Gasteiger partial charge in [-0.05, 0) is 24.3 Å². The van der Waals surface area contributed by atoms with E-state index >= 15 is 0 Å². The maximum atomic E-state index is 13.5. The number of benzene rings is 1. The van der Waals surface area contributed by atoms with E-state index in [4.69, 9.17) is 0 Å². The van der Waals surface area contributed by atoms with Gasteiger partial charge >= 0.3 is 0 Å². The second-order valence-electron chi connectivity index (χ2n) is 4.23. The highest BCUT2D eigenvalue weighted by Crippen LogP contribution is 2.24. The molecule has 0 saturated heterocycles. The van der Waals surface area contributed by atoms with E-state index in [1.54, 1.807) is 36.5 Å². The molecule has 3 nitrogen and oxygen atoms in total. The van der Waals surface area contributed by atoms with Gasteiger partial charge in [-0.3, -0.25) is 9.20 Å². The lowest BCUT2D eigenvalue weighted by Gasteiger charge is -2.04.